The molecule has 1 amide bonds. The molecule has 1 aliphatic heterocycles. The lowest BCUT2D eigenvalue weighted by Crippen LogP contribution is -2.41. The number of carbonyl (C=O) groups is 1. The molecule has 0 unspecified atom stereocenters. The van der Waals surface area contributed by atoms with Gasteiger partial charge in [0, 0.05) is 37.9 Å². The number of ether oxygens (including phenoxy) is 1. The van der Waals surface area contributed by atoms with Gasteiger partial charge in [0.2, 0.25) is 0 Å². The van der Waals surface area contributed by atoms with Crippen molar-refractivity contribution in [3.63, 3.8) is 0 Å². The largest absolute Gasteiger partial charge is 0.378 e. The number of aryl methyl sites for hydroxylation is 1. The van der Waals surface area contributed by atoms with Gasteiger partial charge in [-0.25, -0.2) is 9.97 Å². The van der Waals surface area contributed by atoms with Gasteiger partial charge < -0.3 is 14.5 Å². The maximum absolute atomic E-state index is 13.0. The highest BCUT2D eigenvalue weighted by Crippen LogP contribution is 2.24. The van der Waals surface area contributed by atoms with E-state index in [0.717, 1.165) is 18.7 Å². The third-order valence-electron chi connectivity index (χ3n) is 4.67. The highest BCUT2D eigenvalue weighted by molar-refractivity contribution is 5.99. The molecule has 0 atom stereocenters. The van der Waals surface area contributed by atoms with Crippen LogP contribution in [0.15, 0.2) is 30.5 Å². The number of aromatic nitrogens is 2. The number of nitrogens with zero attached hydrogens (tertiary/aromatic N) is 4. The van der Waals surface area contributed by atoms with Crippen LogP contribution >= 0.6 is 0 Å². The van der Waals surface area contributed by atoms with E-state index in [1.54, 1.807) is 6.20 Å². The van der Waals surface area contributed by atoms with Crippen LogP contribution in [-0.2, 0) is 4.74 Å². The average Bonchev–Trinajstić information content (AvgIpc) is 2.69. The van der Waals surface area contributed by atoms with Crippen LogP contribution in [0.4, 0.5) is 5.82 Å². The number of benzene rings is 1. The van der Waals surface area contributed by atoms with Gasteiger partial charge in [0.15, 0.2) is 5.82 Å². The molecule has 0 N–H and O–H groups in total. The Morgan fingerprint density at radius 1 is 1.15 bits per heavy atom. The van der Waals surface area contributed by atoms with E-state index >= 15 is 0 Å². The van der Waals surface area contributed by atoms with Crippen molar-refractivity contribution in [3.8, 4) is 11.4 Å². The molecule has 3 rings (SSSR count). The van der Waals surface area contributed by atoms with E-state index < -0.39 is 0 Å². The minimum Gasteiger partial charge on any atom is -0.378 e. The number of carbonyl (C=O) groups excluding carboxylic acids is 1. The zero-order chi connectivity index (χ0) is 18.5. The van der Waals surface area contributed by atoms with Crippen LogP contribution in [0.3, 0.4) is 0 Å². The normalized spacial score (nSPS) is 14.3. The number of amides is 1. The zero-order valence-electron chi connectivity index (χ0n) is 15.7. The van der Waals surface area contributed by atoms with Gasteiger partial charge in [-0.2, -0.15) is 0 Å². The van der Waals surface area contributed by atoms with Crippen molar-refractivity contribution in [2.24, 2.45) is 0 Å². The summed E-state index contributed by atoms with van der Waals surface area (Å²) in [5.41, 5.74) is 2.71. The molecule has 6 heteroatoms. The standard InChI is InChI=1S/C20H26N4O2/c1-4-23(5-2)19-17(20(25)24-10-12-26-13-11-24)14-21-18(22-19)16-8-6-15(3)7-9-16/h6-9,14H,4-5,10-13H2,1-3H3. The smallest absolute Gasteiger partial charge is 0.259 e. The molecule has 1 aromatic heterocycles. The molecular weight excluding hydrogens is 328 g/mol. The van der Waals surface area contributed by atoms with Crippen molar-refractivity contribution in [3.05, 3.63) is 41.6 Å². The maximum atomic E-state index is 13.0. The third kappa shape index (κ3) is 3.85. The molecule has 2 heterocycles. The number of morpholine rings is 1. The van der Waals surface area contributed by atoms with Crippen LogP contribution in [0.2, 0.25) is 0 Å². The van der Waals surface area contributed by atoms with E-state index in [9.17, 15) is 4.79 Å². The van der Waals surface area contributed by atoms with E-state index in [1.165, 1.54) is 5.56 Å². The van der Waals surface area contributed by atoms with Crippen LogP contribution in [0.25, 0.3) is 11.4 Å². The molecule has 0 spiro atoms. The van der Waals surface area contributed by atoms with Gasteiger partial charge in [-0.3, -0.25) is 4.79 Å². The molecular formula is C20H26N4O2. The summed E-state index contributed by atoms with van der Waals surface area (Å²) in [5.74, 6) is 1.33. The van der Waals surface area contributed by atoms with E-state index in [0.29, 0.717) is 43.5 Å². The van der Waals surface area contributed by atoms with Crippen molar-refractivity contribution < 1.29 is 9.53 Å². The van der Waals surface area contributed by atoms with E-state index in [1.807, 2.05) is 29.2 Å². The van der Waals surface area contributed by atoms with Crippen molar-refractivity contribution in [1.29, 1.82) is 0 Å². The molecule has 0 radical (unpaired) electrons. The lowest BCUT2D eigenvalue weighted by molar-refractivity contribution is 0.0303. The summed E-state index contributed by atoms with van der Waals surface area (Å²) in [6.45, 7) is 10.1. The summed E-state index contributed by atoms with van der Waals surface area (Å²) in [6, 6.07) is 8.12. The Bertz CT molecular complexity index is 751. The second-order valence-corrected chi connectivity index (χ2v) is 6.37. The van der Waals surface area contributed by atoms with Gasteiger partial charge in [-0.1, -0.05) is 29.8 Å². The first-order valence-corrected chi connectivity index (χ1v) is 9.20. The predicted octanol–water partition coefficient (Wildman–Crippen LogP) is 2.77. The number of hydrogen-bond acceptors (Lipinski definition) is 5. The molecule has 2 aromatic rings. The highest BCUT2D eigenvalue weighted by Gasteiger charge is 2.24. The summed E-state index contributed by atoms with van der Waals surface area (Å²) in [5, 5.41) is 0. The minimum atomic E-state index is -0.0225. The minimum absolute atomic E-state index is 0.0225. The second-order valence-electron chi connectivity index (χ2n) is 6.37. The third-order valence-corrected chi connectivity index (χ3v) is 4.67. The van der Waals surface area contributed by atoms with Crippen LogP contribution in [0, 0.1) is 6.92 Å². The summed E-state index contributed by atoms with van der Waals surface area (Å²) < 4.78 is 5.36. The quantitative estimate of drug-likeness (QED) is 0.826. The topological polar surface area (TPSA) is 58.6 Å². The van der Waals surface area contributed by atoms with Crippen molar-refractivity contribution in [2.45, 2.75) is 20.8 Å². The Hall–Kier alpha value is -2.47. The van der Waals surface area contributed by atoms with Gasteiger partial charge in [0.25, 0.3) is 5.91 Å². The van der Waals surface area contributed by atoms with Crippen molar-refractivity contribution in [1.82, 2.24) is 14.9 Å². The first-order chi connectivity index (χ1) is 12.6. The highest BCUT2D eigenvalue weighted by atomic mass is 16.5. The van der Waals surface area contributed by atoms with E-state index in [2.05, 4.69) is 30.7 Å². The second kappa shape index (κ2) is 8.27. The summed E-state index contributed by atoms with van der Waals surface area (Å²) >= 11 is 0. The van der Waals surface area contributed by atoms with Crippen molar-refractivity contribution in [2.75, 3.05) is 44.3 Å². The Morgan fingerprint density at radius 3 is 2.42 bits per heavy atom. The summed E-state index contributed by atoms with van der Waals surface area (Å²) in [6.07, 6.45) is 1.67. The Kier molecular flexibility index (Phi) is 5.83. The Balaban J connectivity index is 2.00. The molecule has 0 aliphatic carbocycles. The van der Waals surface area contributed by atoms with Crippen LogP contribution in [0.1, 0.15) is 29.8 Å². The molecule has 1 saturated heterocycles. The zero-order valence-corrected chi connectivity index (χ0v) is 15.7. The number of anilines is 1. The van der Waals surface area contributed by atoms with E-state index in [-0.39, 0.29) is 5.91 Å². The van der Waals surface area contributed by atoms with Crippen molar-refractivity contribution >= 4 is 11.7 Å². The summed E-state index contributed by atoms with van der Waals surface area (Å²) in [7, 11) is 0. The Labute approximate surface area is 154 Å². The molecule has 1 aliphatic rings. The van der Waals surface area contributed by atoms with Gasteiger partial charge in [0.1, 0.15) is 11.4 Å². The fourth-order valence-corrected chi connectivity index (χ4v) is 3.07. The molecule has 6 nitrogen and oxygen atoms in total. The van der Waals surface area contributed by atoms with Gasteiger partial charge in [-0.05, 0) is 20.8 Å². The number of rotatable bonds is 5. The SMILES string of the molecule is CCN(CC)c1nc(-c2ccc(C)cc2)ncc1C(=O)N1CCOCC1. The molecule has 26 heavy (non-hydrogen) atoms. The molecule has 0 saturated carbocycles. The monoisotopic (exact) mass is 354 g/mol. The van der Waals surface area contributed by atoms with Crippen LogP contribution in [-0.4, -0.2) is 60.2 Å². The maximum Gasteiger partial charge on any atom is 0.259 e. The van der Waals surface area contributed by atoms with Gasteiger partial charge >= 0.3 is 0 Å². The predicted molar refractivity (Wildman–Crippen MR) is 102 cm³/mol. The fraction of sp³-hybridized carbons (Fsp3) is 0.450. The van der Waals surface area contributed by atoms with E-state index in [4.69, 9.17) is 9.72 Å². The molecule has 1 fully saturated rings. The van der Waals surface area contributed by atoms with Gasteiger partial charge in [0.05, 0.1) is 13.2 Å². The molecule has 138 valence electrons. The van der Waals surface area contributed by atoms with Crippen LogP contribution < -0.4 is 4.90 Å². The van der Waals surface area contributed by atoms with Crippen LogP contribution in [0.5, 0.6) is 0 Å². The lowest BCUT2D eigenvalue weighted by atomic mass is 10.1. The first-order valence-electron chi connectivity index (χ1n) is 9.20. The fourth-order valence-electron chi connectivity index (χ4n) is 3.07. The molecule has 0 bridgehead atoms. The number of hydrogen-bond donors (Lipinski definition) is 0. The lowest BCUT2D eigenvalue weighted by Gasteiger charge is -2.29. The molecule has 1 aromatic carbocycles. The Morgan fingerprint density at radius 2 is 1.81 bits per heavy atom. The average molecular weight is 354 g/mol. The summed E-state index contributed by atoms with van der Waals surface area (Å²) in [4.78, 5) is 26.2. The van der Waals surface area contributed by atoms with Gasteiger partial charge in [-0.15, -0.1) is 0 Å². The first kappa shape index (κ1) is 18.3.